The quantitative estimate of drug-likeness (QED) is 0.695. The molecule has 0 bridgehead atoms. The van der Waals surface area contributed by atoms with E-state index >= 15 is 0 Å². The molecular formula is C11H13FO. The maximum atomic E-state index is 12.9. The molecule has 0 saturated heterocycles. The predicted molar refractivity (Wildman–Crippen MR) is 49.4 cm³/mol. The van der Waals surface area contributed by atoms with Crippen molar-refractivity contribution in [3.05, 3.63) is 29.6 Å². The summed E-state index contributed by atoms with van der Waals surface area (Å²) in [5.74, 6) is 0.512. The first-order valence-corrected chi connectivity index (χ1v) is 4.74. The summed E-state index contributed by atoms with van der Waals surface area (Å²) in [4.78, 5) is 0. The molecule has 0 aliphatic heterocycles. The summed E-state index contributed by atoms with van der Waals surface area (Å²) < 4.78 is 18.5. The maximum absolute atomic E-state index is 12.9. The molecule has 0 atom stereocenters. The average molecular weight is 180 g/mol. The van der Waals surface area contributed by atoms with Gasteiger partial charge in [-0.05, 0) is 30.9 Å². The molecule has 1 aromatic rings. The van der Waals surface area contributed by atoms with Gasteiger partial charge in [-0.1, -0.05) is 13.0 Å². The van der Waals surface area contributed by atoms with Crippen LogP contribution in [0.15, 0.2) is 18.2 Å². The van der Waals surface area contributed by atoms with Crippen molar-refractivity contribution in [3.8, 4) is 5.75 Å². The van der Waals surface area contributed by atoms with E-state index in [0.717, 1.165) is 30.6 Å². The molecule has 0 spiro atoms. The molecule has 1 aliphatic carbocycles. The van der Waals surface area contributed by atoms with Crippen LogP contribution in [0.25, 0.3) is 0 Å². The van der Waals surface area contributed by atoms with Gasteiger partial charge in [-0.2, -0.15) is 0 Å². The van der Waals surface area contributed by atoms with E-state index in [1.807, 2.05) is 6.92 Å². The van der Waals surface area contributed by atoms with Gasteiger partial charge in [0.25, 0.3) is 0 Å². The Labute approximate surface area is 77.5 Å². The zero-order chi connectivity index (χ0) is 9.26. The van der Waals surface area contributed by atoms with Gasteiger partial charge in [-0.25, -0.2) is 4.39 Å². The second-order valence-electron chi connectivity index (χ2n) is 3.42. The van der Waals surface area contributed by atoms with Crippen LogP contribution in [-0.2, 0) is 6.42 Å². The standard InChI is InChI=1S/C11H13FO/c1-2-8-3-4-9(12)7-11(8)13-10-5-6-10/h3-4,7,10H,2,5-6H2,1H3. The fourth-order valence-corrected chi connectivity index (χ4v) is 1.30. The SMILES string of the molecule is CCc1ccc(F)cc1OC1CC1. The molecule has 1 fully saturated rings. The fourth-order valence-electron chi connectivity index (χ4n) is 1.30. The molecule has 0 N–H and O–H groups in total. The summed E-state index contributed by atoms with van der Waals surface area (Å²) in [6, 6.07) is 4.77. The van der Waals surface area contributed by atoms with E-state index in [1.54, 1.807) is 6.07 Å². The fraction of sp³-hybridized carbons (Fsp3) is 0.455. The molecule has 1 aromatic carbocycles. The third kappa shape index (κ3) is 2.00. The molecule has 1 saturated carbocycles. The molecule has 0 amide bonds. The zero-order valence-electron chi connectivity index (χ0n) is 7.72. The van der Waals surface area contributed by atoms with Crippen LogP contribution in [0.5, 0.6) is 5.75 Å². The summed E-state index contributed by atoms with van der Waals surface area (Å²) >= 11 is 0. The van der Waals surface area contributed by atoms with Gasteiger partial charge in [0.1, 0.15) is 11.6 Å². The minimum atomic E-state index is -0.215. The monoisotopic (exact) mass is 180 g/mol. The molecule has 1 aliphatic rings. The summed E-state index contributed by atoms with van der Waals surface area (Å²) in [5, 5.41) is 0. The summed E-state index contributed by atoms with van der Waals surface area (Å²) in [6.45, 7) is 2.05. The molecule has 2 rings (SSSR count). The van der Waals surface area contributed by atoms with Crippen molar-refractivity contribution in [2.24, 2.45) is 0 Å². The lowest BCUT2D eigenvalue weighted by molar-refractivity contribution is 0.298. The minimum absolute atomic E-state index is 0.215. The first-order chi connectivity index (χ1) is 6.29. The van der Waals surface area contributed by atoms with Gasteiger partial charge >= 0.3 is 0 Å². The van der Waals surface area contributed by atoms with Gasteiger partial charge in [0.05, 0.1) is 6.10 Å². The number of rotatable bonds is 3. The van der Waals surface area contributed by atoms with Crippen LogP contribution in [0.4, 0.5) is 4.39 Å². The van der Waals surface area contributed by atoms with E-state index in [4.69, 9.17) is 4.74 Å². The Morgan fingerprint density at radius 1 is 1.46 bits per heavy atom. The van der Waals surface area contributed by atoms with Crippen LogP contribution in [-0.4, -0.2) is 6.10 Å². The van der Waals surface area contributed by atoms with Crippen molar-refractivity contribution < 1.29 is 9.13 Å². The highest BCUT2D eigenvalue weighted by Gasteiger charge is 2.24. The van der Waals surface area contributed by atoms with E-state index < -0.39 is 0 Å². The Morgan fingerprint density at radius 3 is 2.85 bits per heavy atom. The van der Waals surface area contributed by atoms with Crippen molar-refractivity contribution in [1.82, 2.24) is 0 Å². The van der Waals surface area contributed by atoms with E-state index in [0.29, 0.717) is 6.10 Å². The first-order valence-electron chi connectivity index (χ1n) is 4.74. The van der Waals surface area contributed by atoms with Crippen LogP contribution in [0, 0.1) is 5.82 Å². The van der Waals surface area contributed by atoms with Gasteiger partial charge in [0.2, 0.25) is 0 Å². The first kappa shape index (κ1) is 8.54. The third-order valence-corrected chi connectivity index (χ3v) is 2.23. The van der Waals surface area contributed by atoms with Crippen molar-refractivity contribution in [2.45, 2.75) is 32.3 Å². The zero-order valence-corrected chi connectivity index (χ0v) is 7.72. The van der Waals surface area contributed by atoms with Crippen molar-refractivity contribution >= 4 is 0 Å². The highest BCUT2D eigenvalue weighted by molar-refractivity contribution is 5.34. The van der Waals surface area contributed by atoms with Gasteiger partial charge in [0.15, 0.2) is 0 Å². The van der Waals surface area contributed by atoms with Crippen LogP contribution in [0.3, 0.4) is 0 Å². The van der Waals surface area contributed by atoms with E-state index in [9.17, 15) is 4.39 Å². The lowest BCUT2D eigenvalue weighted by Crippen LogP contribution is -1.99. The van der Waals surface area contributed by atoms with Crippen molar-refractivity contribution in [3.63, 3.8) is 0 Å². The number of ether oxygens (including phenoxy) is 1. The lowest BCUT2D eigenvalue weighted by atomic mass is 10.1. The Morgan fingerprint density at radius 2 is 2.23 bits per heavy atom. The Hall–Kier alpha value is -1.05. The number of hydrogen-bond donors (Lipinski definition) is 0. The molecule has 1 nitrogen and oxygen atoms in total. The lowest BCUT2D eigenvalue weighted by Gasteiger charge is -2.08. The average Bonchev–Trinajstić information content (AvgIpc) is 2.89. The van der Waals surface area contributed by atoms with Crippen LogP contribution >= 0.6 is 0 Å². The molecule has 0 aromatic heterocycles. The van der Waals surface area contributed by atoms with Crippen molar-refractivity contribution in [2.75, 3.05) is 0 Å². The second kappa shape index (κ2) is 3.36. The van der Waals surface area contributed by atoms with Gasteiger partial charge < -0.3 is 4.74 Å². The molecule has 0 unspecified atom stereocenters. The highest BCUT2D eigenvalue weighted by atomic mass is 19.1. The minimum Gasteiger partial charge on any atom is -0.490 e. The van der Waals surface area contributed by atoms with E-state index in [2.05, 4.69) is 0 Å². The van der Waals surface area contributed by atoms with Gasteiger partial charge in [-0.15, -0.1) is 0 Å². The van der Waals surface area contributed by atoms with E-state index in [1.165, 1.54) is 12.1 Å². The molecule has 0 radical (unpaired) electrons. The van der Waals surface area contributed by atoms with Crippen LogP contribution < -0.4 is 4.74 Å². The van der Waals surface area contributed by atoms with Crippen LogP contribution in [0.1, 0.15) is 25.3 Å². The highest BCUT2D eigenvalue weighted by Crippen LogP contribution is 2.29. The molecule has 0 heterocycles. The van der Waals surface area contributed by atoms with Gasteiger partial charge in [-0.3, -0.25) is 0 Å². The topological polar surface area (TPSA) is 9.23 Å². The smallest absolute Gasteiger partial charge is 0.126 e. The Balaban J connectivity index is 2.22. The van der Waals surface area contributed by atoms with Crippen molar-refractivity contribution in [1.29, 1.82) is 0 Å². The molecular weight excluding hydrogens is 167 g/mol. The number of benzene rings is 1. The van der Waals surface area contributed by atoms with Gasteiger partial charge in [0, 0.05) is 6.07 Å². The molecule has 2 heteroatoms. The largest absolute Gasteiger partial charge is 0.490 e. The van der Waals surface area contributed by atoms with E-state index in [-0.39, 0.29) is 5.82 Å². The molecule has 70 valence electrons. The molecule has 13 heavy (non-hydrogen) atoms. The number of hydrogen-bond acceptors (Lipinski definition) is 1. The Bertz CT molecular complexity index is 305. The summed E-state index contributed by atoms with van der Waals surface area (Å²) in [7, 11) is 0. The second-order valence-corrected chi connectivity index (χ2v) is 3.42. The number of halogens is 1. The predicted octanol–water partition coefficient (Wildman–Crippen LogP) is 2.93. The summed E-state index contributed by atoms with van der Waals surface area (Å²) in [6.07, 6.45) is 3.45. The third-order valence-electron chi connectivity index (χ3n) is 2.23. The Kier molecular flexibility index (Phi) is 2.21. The number of aryl methyl sites for hydroxylation is 1. The van der Waals surface area contributed by atoms with Crippen LogP contribution in [0.2, 0.25) is 0 Å². The normalized spacial score (nSPS) is 15.8. The maximum Gasteiger partial charge on any atom is 0.126 e. The summed E-state index contributed by atoms with van der Waals surface area (Å²) in [5.41, 5.74) is 1.09.